The Kier molecular flexibility index (Phi) is 8.11. The third-order valence-electron chi connectivity index (χ3n) is 4.83. The molecule has 0 aliphatic rings. The van der Waals surface area contributed by atoms with E-state index in [9.17, 15) is 9.59 Å². The normalized spacial score (nSPS) is 11.8. The van der Waals surface area contributed by atoms with Crippen LogP contribution in [0.4, 0.5) is 4.79 Å². The van der Waals surface area contributed by atoms with Gasteiger partial charge >= 0.3 is 6.03 Å². The summed E-state index contributed by atoms with van der Waals surface area (Å²) in [5.74, 6) is 1.29. The number of hydrogen-bond acceptors (Lipinski definition) is 6. The lowest BCUT2D eigenvalue weighted by molar-refractivity contribution is -0.119. The molecule has 3 rings (SSSR count). The molecule has 0 spiro atoms. The molecule has 0 aliphatic carbocycles. The van der Waals surface area contributed by atoms with Crippen LogP contribution in [0.2, 0.25) is 0 Å². The van der Waals surface area contributed by atoms with Gasteiger partial charge in [0.05, 0.1) is 12.4 Å². The number of benzene rings is 2. The standard InChI is InChI=1S/C24H29N5O3S/c1-15(2)14-25-23(31)26-22(30)17(4)33-24-28-27-21(18-8-12-20(32-5)13-9-18)29(24)19-10-6-16(3)7-11-19/h6-13,15,17H,14H2,1-5H3,(H2,25,26,30,31). The molecule has 0 aliphatic heterocycles. The number of urea groups is 1. The monoisotopic (exact) mass is 467 g/mol. The first-order valence-corrected chi connectivity index (χ1v) is 11.6. The number of hydrogen-bond donors (Lipinski definition) is 2. The lowest BCUT2D eigenvalue weighted by atomic mass is 10.2. The predicted octanol–water partition coefficient (Wildman–Crippen LogP) is 4.21. The average Bonchev–Trinajstić information content (AvgIpc) is 3.21. The lowest BCUT2D eigenvalue weighted by Crippen LogP contribution is -2.43. The van der Waals surface area contributed by atoms with E-state index in [0.29, 0.717) is 23.4 Å². The predicted molar refractivity (Wildman–Crippen MR) is 130 cm³/mol. The average molecular weight is 468 g/mol. The second kappa shape index (κ2) is 11.0. The molecule has 1 atom stereocenters. The zero-order valence-corrected chi connectivity index (χ0v) is 20.3. The highest BCUT2D eigenvalue weighted by molar-refractivity contribution is 8.00. The van der Waals surface area contributed by atoms with Crippen molar-refractivity contribution in [3.63, 3.8) is 0 Å². The lowest BCUT2D eigenvalue weighted by Gasteiger charge is -2.14. The molecule has 0 bridgehead atoms. The van der Waals surface area contributed by atoms with Gasteiger partial charge in [-0.2, -0.15) is 0 Å². The molecule has 9 heteroatoms. The molecular weight excluding hydrogens is 438 g/mol. The number of nitrogens with one attached hydrogen (secondary N) is 2. The first kappa shape index (κ1) is 24.3. The molecule has 0 radical (unpaired) electrons. The van der Waals surface area contributed by atoms with Crippen LogP contribution in [0, 0.1) is 12.8 Å². The van der Waals surface area contributed by atoms with Crippen LogP contribution in [0.1, 0.15) is 26.3 Å². The summed E-state index contributed by atoms with van der Waals surface area (Å²) >= 11 is 1.24. The van der Waals surface area contributed by atoms with Crippen LogP contribution in [0.25, 0.3) is 17.1 Å². The number of carbonyl (C=O) groups is 2. The van der Waals surface area contributed by atoms with Crippen molar-refractivity contribution in [1.82, 2.24) is 25.4 Å². The van der Waals surface area contributed by atoms with Crippen LogP contribution >= 0.6 is 11.8 Å². The van der Waals surface area contributed by atoms with Crippen molar-refractivity contribution < 1.29 is 14.3 Å². The first-order valence-electron chi connectivity index (χ1n) is 10.7. The molecule has 8 nitrogen and oxygen atoms in total. The quantitative estimate of drug-likeness (QED) is 0.482. The Hall–Kier alpha value is -3.33. The van der Waals surface area contributed by atoms with Crippen LogP contribution in [-0.2, 0) is 4.79 Å². The van der Waals surface area contributed by atoms with E-state index in [1.54, 1.807) is 14.0 Å². The summed E-state index contributed by atoms with van der Waals surface area (Å²) in [4.78, 5) is 24.6. The van der Waals surface area contributed by atoms with Gasteiger partial charge < -0.3 is 10.1 Å². The van der Waals surface area contributed by atoms with Gasteiger partial charge in [-0.15, -0.1) is 10.2 Å². The minimum Gasteiger partial charge on any atom is -0.497 e. The molecule has 33 heavy (non-hydrogen) atoms. The molecule has 2 N–H and O–H groups in total. The highest BCUT2D eigenvalue weighted by atomic mass is 32.2. The first-order chi connectivity index (χ1) is 15.8. The van der Waals surface area contributed by atoms with Gasteiger partial charge in [0.2, 0.25) is 5.91 Å². The summed E-state index contributed by atoms with van der Waals surface area (Å²) in [5, 5.41) is 13.8. The maximum absolute atomic E-state index is 12.6. The van der Waals surface area contributed by atoms with Crippen molar-refractivity contribution in [3.8, 4) is 22.8 Å². The van der Waals surface area contributed by atoms with Gasteiger partial charge in [-0.1, -0.05) is 43.3 Å². The fourth-order valence-electron chi connectivity index (χ4n) is 2.97. The van der Waals surface area contributed by atoms with E-state index >= 15 is 0 Å². The number of thioether (sulfide) groups is 1. The van der Waals surface area contributed by atoms with Crippen LogP contribution in [-0.4, -0.2) is 45.6 Å². The van der Waals surface area contributed by atoms with Crippen molar-refractivity contribution >= 4 is 23.7 Å². The number of methoxy groups -OCH3 is 1. The van der Waals surface area contributed by atoms with E-state index in [2.05, 4.69) is 20.8 Å². The number of aryl methyl sites for hydroxylation is 1. The topological polar surface area (TPSA) is 98.1 Å². The molecule has 0 saturated heterocycles. The molecule has 2 aromatic carbocycles. The number of ether oxygens (including phenoxy) is 1. The Morgan fingerprint density at radius 2 is 1.70 bits per heavy atom. The Morgan fingerprint density at radius 1 is 1.03 bits per heavy atom. The molecule has 174 valence electrons. The number of imide groups is 1. The van der Waals surface area contributed by atoms with Crippen molar-refractivity contribution in [3.05, 3.63) is 54.1 Å². The number of rotatable bonds is 8. The fourth-order valence-corrected chi connectivity index (χ4v) is 3.83. The van der Waals surface area contributed by atoms with Gasteiger partial charge in [0.25, 0.3) is 0 Å². The van der Waals surface area contributed by atoms with E-state index in [0.717, 1.165) is 22.6 Å². The second-order valence-electron chi connectivity index (χ2n) is 8.06. The maximum Gasteiger partial charge on any atom is 0.321 e. The van der Waals surface area contributed by atoms with Gasteiger partial charge in [0.15, 0.2) is 11.0 Å². The van der Waals surface area contributed by atoms with Gasteiger partial charge in [0.1, 0.15) is 5.75 Å². The largest absolute Gasteiger partial charge is 0.497 e. The van der Waals surface area contributed by atoms with Gasteiger partial charge in [-0.25, -0.2) is 4.79 Å². The van der Waals surface area contributed by atoms with Crippen molar-refractivity contribution in [2.45, 2.75) is 38.1 Å². The summed E-state index contributed by atoms with van der Waals surface area (Å²) in [7, 11) is 1.62. The van der Waals surface area contributed by atoms with Gasteiger partial charge in [-0.3, -0.25) is 14.7 Å². The summed E-state index contributed by atoms with van der Waals surface area (Å²) in [6.07, 6.45) is 0. The van der Waals surface area contributed by atoms with Gasteiger partial charge in [0, 0.05) is 17.8 Å². The number of amides is 3. The van der Waals surface area contributed by atoms with Crippen LogP contribution in [0.15, 0.2) is 53.7 Å². The minimum absolute atomic E-state index is 0.294. The molecular formula is C24H29N5O3S. The third kappa shape index (κ3) is 6.35. The summed E-state index contributed by atoms with van der Waals surface area (Å²) in [5.41, 5.74) is 2.87. The fraction of sp³-hybridized carbons (Fsp3) is 0.333. The Morgan fingerprint density at radius 3 is 2.30 bits per heavy atom. The molecule has 0 fully saturated rings. The summed E-state index contributed by atoms with van der Waals surface area (Å²) in [6.45, 7) is 8.22. The molecule has 3 amide bonds. The maximum atomic E-state index is 12.6. The minimum atomic E-state index is -0.563. The zero-order chi connectivity index (χ0) is 24.0. The van der Waals surface area contributed by atoms with E-state index < -0.39 is 17.2 Å². The molecule has 1 aromatic heterocycles. The van der Waals surface area contributed by atoms with Crippen LogP contribution in [0.5, 0.6) is 5.75 Å². The summed E-state index contributed by atoms with van der Waals surface area (Å²) in [6, 6.07) is 15.0. The SMILES string of the molecule is COc1ccc(-c2nnc(SC(C)C(=O)NC(=O)NCC(C)C)n2-c2ccc(C)cc2)cc1. The van der Waals surface area contributed by atoms with E-state index in [4.69, 9.17) is 4.74 Å². The Labute approximate surface area is 198 Å². The van der Waals surface area contributed by atoms with E-state index in [-0.39, 0.29) is 0 Å². The number of nitrogens with zero attached hydrogens (tertiary/aromatic N) is 3. The smallest absolute Gasteiger partial charge is 0.321 e. The molecule has 3 aromatic rings. The number of aromatic nitrogens is 3. The third-order valence-corrected chi connectivity index (χ3v) is 5.88. The molecule has 1 heterocycles. The Balaban J connectivity index is 1.86. The zero-order valence-electron chi connectivity index (χ0n) is 19.5. The van der Waals surface area contributed by atoms with Crippen molar-refractivity contribution in [1.29, 1.82) is 0 Å². The highest BCUT2D eigenvalue weighted by Gasteiger charge is 2.23. The Bertz CT molecular complexity index is 1090. The second-order valence-corrected chi connectivity index (χ2v) is 9.37. The molecule has 1 unspecified atom stereocenters. The van der Waals surface area contributed by atoms with Gasteiger partial charge in [-0.05, 0) is 56.2 Å². The highest BCUT2D eigenvalue weighted by Crippen LogP contribution is 2.31. The van der Waals surface area contributed by atoms with Crippen LogP contribution < -0.4 is 15.4 Å². The summed E-state index contributed by atoms with van der Waals surface area (Å²) < 4.78 is 7.17. The van der Waals surface area contributed by atoms with E-state index in [1.165, 1.54) is 11.8 Å². The van der Waals surface area contributed by atoms with E-state index in [1.807, 2.05) is 73.9 Å². The van der Waals surface area contributed by atoms with Crippen molar-refractivity contribution in [2.75, 3.05) is 13.7 Å². The van der Waals surface area contributed by atoms with Crippen LogP contribution in [0.3, 0.4) is 0 Å². The molecule has 0 saturated carbocycles. The number of carbonyl (C=O) groups excluding carboxylic acids is 2. The van der Waals surface area contributed by atoms with Crippen molar-refractivity contribution in [2.24, 2.45) is 5.92 Å².